The summed E-state index contributed by atoms with van der Waals surface area (Å²) in [6.07, 6.45) is 3.32. The highest BCUT2D eigenvalue weighted by Gasteiger charge is 2.47. The molecule has 1 aliphatic heterocycles. The van der Waals surface area contributed by atoms with Crippen molar-refractivity contribution in [3.63, 3.8) is 0 Å². The molecule has 1 N–H and O–H groups in total. The topological polar surface area (TPSA) is 79.7 Å². The highest BCUT2D eigenvalue weighted by Crippen LogP contribution is 2.43. The molecule has 0 spiro atoms. The van der Waals surface area contributed by atoms with E-state index in [0.29, 0.717) is 15.8 Å². The second-order valence-corrected chi connectivity index (χ2v) is 8.91. The Hall–Kier alpha value is -2.97. The van der Waals surface area contributed by atoms with Crippen molar-refractivity contribution >= 4 is 44.7 Å². The summed E-state index contributed by atoms with van der Waals surface area (Å²) in [4.78, 5) is 32.6. The van der Waals surface area contributed by atoms with Crippen molar-refractivity contribution in [2.24, 2.45) is 0 Å². The zero-order valence-electron chi connectivity index (χ0n) is 16.8. The average Bonchev–Trinajstić information content (AvgIpc) is 3.29. The number of ether oxygens (including phenoxy) is 1. The summed E-state index contributed by atoms with van der Waals surface area (Å²) in [6, 6.07) is 9.91. The normalized spacial score (nSPS) is 17.9. The van der Waals surface area contributed by atoms with Gasteiger partial charge in [-0.25, -0.2) is 0 Å². The van der Waals surface area contributed by atoms with Gasteiger partial charge in [-0.1, -0.05) is 6.07 Å². The highest BCUT2D eigenvalue weighted by molar-refractivity contribution is 9.10. The van der Waals surface area contributed by atoms with Crippen LogP contribution in [-0.4, -0.2) is 33.8 Å². The summed E-state index contributed by atoms with van der Waals surface area (Å²) in [5.74, 6) is -0.964. The first-order chi connectivity index (χ1) is 14.9. The molecule has 1 amide bonds. The van der Waals surface area contributed by atoms with E-state index in [1.54, 1.807) is 43.8 Å². The summed E-state index contributed by atoms with van der Waals surface area (Å²) < 4.78 is 5.88. The molecule has 158 valence electrons. The van der Waals surface area contributed by atoms with Gasteiger partial charge in [0, 0.05) is 29.4 Å². The third-order valence-electron chi connectivity index (χ3n) is 5.19. The van der Waals surface area contributed by atoms with Crippen molar-refractivity contribution < 1.29 is 19.4 Å². The van der Waals surface area contributed by atoms with Crippen LogP contribution in [-0.2, 0) is 16.1 Å². The Bertz CT molecular complexity index is 1190. The van der Waals surface area contributed by atoms with Crippen molar-refractivity contribution in [1.29, 1.82) is 0 Å². The van der Waals surface area contributed by atoms with Crippen molar-refractivity contribution in [2.75, 3.05) is 7.11 Å². The molecule has 3 aromatic rings. The van der Waals surface area contributed by atoms with Crippen molar-refractivity contribution in [2.45, 2.75) is 19.5 Å². The highest BCUT2D eigenvalue weighted by atomic mass is 79.9. The number of aliphatic hydroxyl groups excluding tert-OH is 1. The molecule has 0 saturated carbocycles. The number of hydrogen-bond donors (Lipinski definition) is 1. The minimum Gasteiger partial charge on any atom is -0.507 e. The molecular formula is C23H19BrN2O4S. The largest absolute Gasteiger partial charge is 0.507 e. The van der Waals surface area contributed by atoms with Gasteiger partial charge < -0.3 is 14.7 Å². The van der Waals surface area contributed by atoms with Crippen molar-refractivity contribution in [1.82, 2.24) is 9.88 Å². The lowest BCUT2D eigenvalue weighted by Crippen LogP contribution is -2.29. The van der Waals surface area contributed by atoms with Crippen LogP contribution in [0.2, 0.25) is 0 Å². The minimum atomic E-state index is -0.703. The Morgan fingerprint density at radius 3 is 2.71 bits per heavy atom. The number of thiophene rings is 1. The molecule has 1 aromatic carbocycles. The number of carbonyl (C=O) groups is 2. The second-order valence-electron chi connectivity index (χ2n) is 7.11. The maximum atomic E-state index is 13.1. The maximum absolute atomic E-state index is 13.1. The lowest BCUT2D eigenvalue weighted by molar-refractivity contribution is -0.140. The fourth-order valence-electron chi connectivity index (χ4n) is 3.64. The van der Waals surface area contributed by atoms with E-state index in [9.17, 15) is 14.7 Å². The molecule has 6 nitrogen and oxygen atoms in total. The molecule has 0 bridgehead atoms. The number of aryl methyl sites for hydroxylation is 1. The number of rotatable bonds is 5. The van der Waals surface area contributed by atoms with E-state index in [0.717, 1.165) is 16.0 Å². The number of likely N-dealkylation sites (tertiary alicyclic amines) is 1. The number of benzene rings is 1. The number of aliphatic hydroxyl groups is 1. The first-order valence-corrected chi connectivity index (χ1v) is 11.1. The molecule has 0 radical (unpaired) electrons. The van der Waals surface area contributed by atoms with E-state index in [4.69, 9.17) is 4.74 Å². The molecule has 3 heterocycles. The zero-order valence-corrected chi connectivity index (χ0v) is 19.2. The fraction of sp³-hybridized carbons (Fsp3) is 0.174. The Kier molecular flexibility index (Phi) is 5.93. The van der Waals surface area contributed by atoms with Crippen LogP contribution in [0, 0.1) is 6.92 Å². The monoisotopic (exact) mass is 498 g/mol. The van der Waals surface area contributed by atoms with E-state index in [2.05, 4.69) is 20.9 Å². The molecule has 2 aromatic heterocycles. The number of carbonyl (C=O) groups excluding carboxylic acids is 2. The zero-order chi connectivity index (χ0) is 22.1. The second kappa shape index (κ2) is 8.64. The van der Waals surface area contributed by atoms with E-state index in [-0.39, 0.29) is 17.9 Å². The van der Waals surface area contributed by atoms with E-state index in [1.165, 1.54) is 16.2 Å². The van der Waals surface area contributed by atoms with Crippen LogP contribution in [0.4, 0.5) is 0 Å². The summed E-state index contributed by atoms with van der Waals surface area (Å²) >= 11 is 4.86. The third-order valence-corrected chi connectivity index (χ3v) is 6.88. The predicted octanol–water partition coefficient (Wildman–Crippen LogP) is 4.84. The number of Topliss-reactive ketones (excluding diaryl/α,β-unsaturated/α-hetero) is 1. The molecule has 1 unspecified atom stereocenters. The number of ketones is 1. The summed E-state index contributed by atoms with van der Waals surface area (Å²) in [6.45, 7) is 2.14. The average molecular weight is 499 g/mol. The Balaban J connectivity index is 1.86. The third kappa shape index (κ3) is 3.88. The van der Waals surface area contributed by atoms with Gasteiger partial charge in [-0.3, -0.25) is 14.6 Å². The van der Waals surface area contributed by atoms with Crippen LogP contribution < -0.4 is 4.74 Å². The summed E-state index contributed by atoms with van der Waals surface area (Å²) in [5, 5.41) is 13.1. The molecule has 1 aliphatic rings. The van der Waals surface area contributed by atoms with E-state index < -0.39 is 17.7 Å². The number of methoxy groups -OCH3 is 1. The van der Waals surface area contributed by atoms with Crippen LogP contribution in [0.3, 0.4) is 0 Å². The number of aromatic nitrogens is 1. The molecule has 1 saturated heterocycles. The molecule has 31 heavy (non-hydrogen) atoms. The molecule has 0 aliphatic carbocycles. The van der Waals surface area contributed by atoms with Crippen LogP contribution in [0.1, 0.15) is 27.6 Å². The minimum absolute atomic E-state index is 0.0801. The molecular weight excluding hydrogens is 480 g/mol. The first kappa shape index (κ1) is 21.3. The Labute approximate surface area is 191 Å². The SMILES string of the molecule is COc1ccc(/C(O)=C2/C(=O)C(=O)N(Cc3cccnc3)C2c2sccc2C)cc1Br. The number of hydrogen-bond acceptors (Lipinski definition) is 6. The summed E-state index contributed by atoms with van der Waals surface area (Å²) in [5.41, 5.74) is 2.26. The number of pyridine rings is 1. The van der Waals surface area contributed by atoms with Gasteiger partial charge in [-0.2, -0.15) is 0 Å². The van der Waals surface area contributed by atoms with Crippen molar-refractivity contribution in [3.05, 3.63) is 85.8 Å². The van der Waals surface area contributed by atoms with Gasteiger partial charge in [0.15, 0.2) is 0 Å². The van der Waals surface area contributed by atoms with Gasteiger partial charge in [0.1, 0.15) is 17.6 Å². The van der Waals surface area contributed by atoms with Gasteiger partial charge in [0.05, 0.1) is 17.2 Å². The predicted molar refractivity (Wildman–Crippen MR) is 122 cm³/mol. The Morgan fingerprint density at radius 1 is 1.29 bits per heavy atom. The number of halogens is 1. The molecule has 1 atom stereocenters. The number of nitrogens with zero attached hydrogens (tertiary/aromatic N) is 2. The quantitative estimate of drug-likeness (QED) is 0.309. The van der Waals surface area contributed by atoms with Gasteiger partial charge in [-0.15, -0.1) is 11.3 Å². The van der Waals surface area contributed by atoms with Crippen LogP contribution in [0.5, 0.6) is 5.75 Å². The molecule has 4 rings (SSSR count). The summed E-state index contributed by atoms with van der Waals surface area (Å²) in [7, 11) is 1.54. The van der Waals surface area contributed by atoms with Crippen LogP contribution >= 0.6 is 27.3 Å². The van der Waals surface area contributed by atoms with E-state index >= 15 is 0 Å². The Morgan fingerprint density at radius 2 is 2.10 bits per heavy atom. The fourth-order valence-corrected chi connectivity index (χ4v) is 5.23. The number of amides is 1. The van der Waals surface area contributed by atoms with Gasteiger partial charge >= 0.3 is 0 Å². The van der Waals surface area contributed by atoms with Gasteiger partial charge in [0.25, 0.3) is 11.7 Å². The van der Waals surface area contributed by atoms with Gasteiger partial charge in [-0.05, 0) is 69.7 Å². The van der Waals surface area contributed by atoms with Crippen molar-refractivity contribution in [3.8, 4) is 5.75 Å². The van der Waals surface area contributed by atoms with Crippen LogP contribution in [0.25, 0.3) is 5.76 Å². The lowest BCUT2D eigenvalue weighted by Gasteiger charge is -2.25. The van der Waals surface area contributed by atoms with Gasteiger partial charge in [0.2, 0.25) is 0 Å². The smallest absolute Gasteiger partial charge is 0.295 e. The van der Waals surface area contributed by atoms with E-state index in [1.807, 2.05) is 24.4 Å². The standard InChI is InChI=1S/C23H19BrN2O4S/c1-13-7-9-31-22(13)19-18(20(27)15-5-6-17(30-2)16(24)10-15)21(28)23(29)26(19)12-14-4-3-8-25-11-14/h3-11,19,27H,12H2,1-2H3/b20-18-. The molecule has 8 heteroatoms. The first-order valence-electron chi connectivity index (χ1n) is 9.47. The lowest BCUT2D eigenvalue weighted by atomic mass is 9.98. The van der Waals surface area contributed by atoms with Crippen LogP contribution in [0.15, 0.2) is 64.2 Å². The molecule has 1 fully saturated rings. The maximum Gasteiger partial charge on any atom is 0.295 e.